The van der Waals surface area contributed by atoms with Crippen molar-refractivity contribution >= 4 is 23.2 Å². The highest BCUT2D eigenvalue weighted by molar-refractivity contribution is 6.01. The van der Waals surface area contributed by atoms with E-state index in [0.29, 0.717) is 17.1 Å². The van der Waals surface area contributed by atoms with Gasteiger partial charge in [0.15, 0.2) is 6.10 Å². The Balaban J connectivity index is 1.58. The fourth-order valence-electron chi connectivity index (χ4n) is 2.33. The fraction of sp³-hybridized carbons (Fsp3) is 0.176. The summed E-state index contributed by atoms with van der Waals surface area (Å²) >= 11 is 0. The molecule has 130 valence electrons. The average Bonchev–Trinajstić information content (AvgIpc) is 2.57. The van der Waals surface area contributed by atoms with E-state index in [9.17, 15) is 18.4 Å². The lowest BCUT2D eigenvalue weighted by Gasteiger charge is -2.25. The number of carbonyl (C=O) groups excluding carboxylic acids is 2. The third kappa shape index (κ3) is 4.23. The van der Waals surface area contributed by atoms with E-state index in [2.05, 4.69) is 15.4 Å². The molecule has 1 atom stereocenters. The Morgan fingerprint density at radius 2 is 1.92 bits per heavy atom. The maximum absolute atomic E-state index is 12.1. The highest BCUT2D eigenvalue weighted by atomic mass is 19.3. The molecular weight excluding hydrogens is 334 g/mol. The zero-order valence-electron chi connectivity index (χ0n) is 12.9. The Kier molecular flexibility index (Phi) is 4.78. The smallest absolute Gasteiger partial charge is 0.387 e. The van der Waals surface area contributed by atoms with E-state index in [1.807, 2.05) is 0 Å². The van der Waals surface area contributed by atoms with Gasteiger partial charge in [0.2, 0.25) is 5.91 Å². The summed E-state index contributed by atoms with van der Waals surface area (Å²) in [5, 5.41) is 5.25. The number of benzene rings is 2. The standard InChI is InChI=1S/C17H14F2N2O4/c18-17(19)24-11-7-5-10(6-8-11)20-15(22)9-14-16(23)21-12-3-1-2-4-13(12)25-14/h1-8,14,17H,9H2,(H,20,22)(H,21,23)/t14-/m0/s1. The number of halogens is 2. The number of nitrogens with one attached hydrogen (secondary N) is 2. The van der Waals surface area contributed by atoms with Crippen LogP contribution in [0.1, 0.15) is 6.42 Å². The number of ether oxygens (including phenoxy) is 2. The maximum atomic E-state index is 12.1. The van der Waals surface area contributed by atoms with E-state index >= 15 is 0 Å². The van der Waals surface area contributed by atoms with Crippen LogP contribution < -0.4 is 20.1 Å². The third-order valence-corrected chi connectivity index (χ3v) is 3.44. The molecule has 0 bridgehead atoms. The summed E-state index contributed by atoms with van der Waals surface area (Å²) in [6.07, 6.45) is -1.13. The van der Waals surface area contributed by atoms with Crippen LogP contribution in [-0.4, -0.2) is 24.5 Å². The van der Waals surface area contributed by atoms with Crippen molar-refractivity contribution in [3.63, 3.8) is 0 Å². The molecule has 2 N–H and O–H groups in total. The maximum Gasteiger partial charge on any atom is 0.387 e. The fourth-order valence-corrected chi connectivity index (χ4v) is 2.33. The number of hydrogen-bond acceptors (Lipinski definition) is 4. The van der Waals surface area contributed by atoms with E-state index in [-0.39, 0.29) is 12.2 Å². The van der Waals surface area contributed by atoms with Gasteiger partial charge in [-0.25, -0.2) is 0 Å². The SMILES string of the molecule is O=C(C[C@@H]1Oc2ccccc2NC1=O)Nc1ccc(OC(F)F)cc1. The summed E-state index contributed by atoms with van der Waals surface area (Å²) in [4.78, 5) is 24.1. The largest absolute Gasteiger partial charge is 0.478 e. The second-order valence-electron chi connectivity index (χ2n) is 5.25. The number of rotatable bonds is 5. The van der Waals surface area contributed by atoms with Gasteiger partial charge in [-0.2, -0.15) is 8.78 Å². The number of anilines is 2. The van der Waals surface area contributed by atoms with Crippen molar-refractivity contribution in [3.05, 3.63) is 48.5 Å². The molecule has 2 aromatic rings. The predicted octanol–water partition coefficient (Wildman–Crippen LogP) is 3.02. The molecule has 2 aromatic carbocycles. The van der Waals surface area contributed by atoms with Crippen LogP contribution in [0.25, 0.3) is 0 Å². The molecule has 1 aliphatic heterocycles. The average molecular weight is 348 g/mol. The summed E-state index contributed by atoms with van der Waals surface area (Å²) in [6.45, 7) is -2.91. The van der Waals surface area contributed by atoms with Gasteiger partial charge in [0, 0.05) is 5.69 Å². The first kappa shape index (κ1) is 16.7. The zero-order valence-corrected chi connectivity index (χ0v) is 12.9. The lowest BCUT2D eigenvalue weighted by atomic mass is 10.1. The van der Waals surface area contributed by atoms with Crippen LogP contribution in [-0.2, 0) is 9.59 Å². The second-order valence-corrected chi connectivity index (χ2v) is 5.25. The molecule has 0 saturated heterocycles. The van der Waals surface area contributed by atoms with Gasteiger partial charge in [-0.3, -0.25) is 9.59 Å². The molecule has 8 heteroatoms. The molecule has 3 rings (SSSR count). The molecule has 25 heavy (non-hydrogen) atoms. The van der Waals surface area contributed by atoms with Gasteiger partial charge in [-0.1, -0.05) is 12.1 Å². The molecule has 6 nitrogen and oxygen atoms in total. The number of carbonyl (C=O) groups is 2. The normalized spacial score (nSPS) is 15.8. The summed E-state index contributed by atoms with van der Waals surface area (Å²) in [7, 11) is 0. The van der Waals surface area contributed by atoms with E-state index < -0.39 is 24.5 Å². The Bertz CT molecular complexity index is 780. The Morgan fingerprint density at radius 3 is 2.64 bits per heavy atom. The topological polar surface area (TPSA) is 76.7 Å². The first-order valence-electron chi connectivity index (χ1n) is 7.42. The van der Waals surface area contributed by atoms with Crippen LogP contribution >= 0.6 is 0 Å². The van der Waals surface area contributed by atoms with Crippen LogP contribution in [0.15, 0.2) is 48.5 Å². The van der Waals surface area contributed by atoms with Gasteiger partial charge in [0.1, 0.15) is 11.5 Å². The van der Waals surface area contributed by atoms with Crippen molar-refractivity contribution in [1.29, 1.82) is 0 Å². The third-order valence-electron chi connectivity index (χ3n) is 3.44. The molecule has 0 fully saturated rings. The number of amides is 2. The summed E-state index contributed by atoms with van der Waals surface area (Å²) in [5.74, 6) is -0.371. The van der Waals surface area contributed by atoms with Crippen molar-refractivity contribution in [1.82, 2.24) is 0 Å². The highest BCUT2D eigenvalue weighted by Gasteiger charge is 2.29. The minimum atomic E-state index is -2.91. The predicted molar refractivity (Wildman–Crippen MR) is 85.8 cm³/mol. The summed E-state index contributed by atoms with van der Waals surface area (Å²) < 4.78 is 33.9. The zero-order chi connectivity index (χ0) is 17.8. The lowest BCUT2D eigenvalue weighted by molar-refractivity contribution is -0.128. The summed E-state index contributed by atoms with van der Waals surface area (Å²) in [5.41, 5.74) is 0.946. The molecule has 0 aromatic heterocycles. The molecule has 0 aliphatic carbocycles. The Labute approximate surface area is 141 Å². The van der Waals surface area contributed by atoms with Crippen molar-refractivity contribution < 1.29 is 27.8 Å². The van der Waals surface area contributed by atoms with E-state index in [1.165, 1.54) is 24.3 Å². The molecule has 1 aliphatic rings. The van der Waals surface area contributed by atoms with Crippen LogP contribution in [0.3, 0.4) is 0 Å². The molecule has 0 saturated carbocycles. The lowest BCUT2D eigenvalue weighted by Crippen LogP contribution is -2.39. The van der Waals surface area contributed by atoms with Gasteiger partial charge in [-0.05, 0) is 36.4 Å². The molecule has 0 spiro atoms. The Hall–Kier alpha value is -3.16. The molecule has 2 amide bonds. The van der Waals surface area contributed by atoms with Gasteiger partial charge < -0.3 is 20.1 Å². The van der Waals surface area contributed by atoms with Gasteiger partial charge in [0.05, 0.1) is 12.1 Å². The van der Waals surface area contributed by atoms with E-state index in [1.54, 1.807) is 24.3 Å². The van der Waals surface area contributed by atoms with Crippen molar-refractivity contribution in [2.45, 2.75) is 19.1 Å². The van der Waals surface area contributed by atoms with Crippen LogP contribution in [0, 0.1) is 0 Å². The summed E-state index contributed by atoms with van der Waals surface area (Å²) in [6, 6.07) is 12.4. The van der Waals surface area contributed by atoms with Gasteiger partial charge in [-0.15, -0.1) is 0 Å². The molecule has 0 unspecified atom stereocenters. The second kappa shape index (κ2) is 7.16. The van der Waals surface area contributed by atoms with Gasteiger partial charge in [0.25, 0.3) is 5.91 Å². The number of hydrogen-bond donors (Lipinski definition) is 2. The van der Waals surface area contributed by atoms with Crippen LogP contribution in [0.4, 0.5) is 20.2 Å². The quantitative estimate of drug-likeness (QED) is 0.871. The highest BCUT2D eigenvalue weighted by Crippen LogP contribution is 2.29. The van der Waals surface area contributed by atoms with E-state index in [4.69, 9.17) is 4.74 Å². The minimum absolute atomic E-state index is 0.0143. The van der Waals surface area contributed by atoms with Crippen molar-refractivity contribution in [2.75, 3.05) is 10.6 Å². The van der Waals surface area contributed by atoms with Crippen molar-refractivity contribution in [3.8, 4) is 11.5 Å². The minimum Gasteiger partial charge on any atom is -0.478 e. The monoisotopic (exact) mass is 348 g/mol. The van der Waals surface area contributed by atoms with Crippen LogP contribution in [0.2, 0.25) is 0 Å². The first-order valence-corrected chi connectivity index (χ1v) is 7.42. The number of fused-ring (bicyclic) bond motifs is 1. The van der Waals surface area contributed by atoms with Gasteiger partial charge >= 0.3 is 6.61 Å². The molecule has 1 heterocycles. The van der Waals surface area contributed by atoms with E-state index in [0.717, 1.165) is 0 Å². The first-order chi connectivity index (χ1) is 12.0. The van der Waals surface area contributed by atoms with Crippen LogP contribution in [0.5, 0.6) is 11.5 Å². The molecule has 0 radical (unpaired) electrons. The number of alkyl halides is 2. The Morgan fingerprint density at radius 1 is 1.20 bits per heavy atom. The van der Waals surface area contributed by atoms with Crippen molar-refractivity contribution in [2.24, 2.45) is 0 Å². The molecular formula is C17H14F2N2O4. The number of para-hydroxylation sites is 2.